The van der Waals surface area contributed by atoms with E-state index in [1.54, 1.807) is 0 Å². The van der Waals surface area contributed by atoms with Crippen LogP contribution in [0.25, 0.3) is 0 Å². The van der Waals surface area contributed by atoms with E-state index in [1.807, 2.05) is 5.32 Å². The fraction of sp³-hybridized carbons (Fsp3) is 0.643. The predicted molar refractivity (Wildman–Crippen MR) is 84.9 cm³/mol. The summed E-state index contributed by atoms with van der Waals surface area (Å²) in [6, 6.07) is -3.58. The van der Waals surface area contributed by atoms with Crippen molar-refractivity contribution in [1.29, 1.82) is 0 Å². The maximum absolute atomic E-state index is 11.9. The normalized spacial score (nSPS) is 18.4. The Labute approximate surface area is 148 Å². The van der Waals surface area contributed by atoms with Crippen LogP contribution in [0, 0.1) is 0 Å². The zero-order valence-corrected chi connectivity index (χ0v) is 13.9. The summed E-state index contributed by atoms with van der Waals surface area (Å²) in [5.41, 5.74) is 0. The first-order chi connectivity index (χ1) is 12.2. The lowest BCUT2D eigenvalue weighted by atomic mass is 10.2. The molecule has 12 nitrogen and oxygen atoms in total. The molecule has 1 aliphatic rings. The number of carbonyl (C=O) groups excluding carboxylic acids is 3. The van der Waals surface area contributed by atoms with E-state index in [1.165, 1.54) is 0 Å². The molecule has 0 radical (unpaired) electrons. The summed E-state index contributed by atoms with van der Waals surface area (Å²) in [6.45, 7) is -0.564. The average Bonchev–Trinajstić information content (AvgIpc) is 3.10. The lowest BCUT2D eigenvalue weighted by molar-refractivity contribution is -0.147. The van der Waals surface area contributed by atoms with Gasteiger partial charge in [-0.3, -0.25) is 19.2 Å². The van der Waals surface area contributed by atoms with Crippen LogP contribution in [0.4, 0.5) is 0 Å². The van der Waals surface area contributed by atoms with Crippen molar-refractivity contribution in [2.45, 2.75) is 37.4 Å². The third-order valence-corrected chi connectivity index (χ3v) is 3.63. The highest BCUT2D eigenvalue weighted by molar-refractivity contribution is 5.93. The molecule has 26 heavy (non-hydrogen) atoms. The van der Waals surface area contributed by atoms with Crippen molar-refractivity contribution >= 4 is 29.7 Å². The molecule has 3 amide bonds. The van der Waals surface area contributed by atoms with Gasteiger partial charge in [0.15, 0.2) is 0 Å². The molecule has 0 saturated carbocycles. The van der Waals surface area contributed by atoms with Crippen LogP contribution in [0.15, 0.2) is 0 Å². The molecule has 0 aromatic carbocycles. The molecule has 1 heterocycles. The maximum atomic E-state index is 11.9. The number of carboxylic acids is 2. The van der Waals surface area contributed by atoms with Gasteiger partial charge in [-0.15, -0.1) is 0 Å². The first-order valence-corrected chi connectivity index (χ1v) is 7.91. The number of aliphatic carboxylic acids is 2. The van der Waals surface area contributed by atoms with E-state index >= 15 is 0 Å². The summed E-state index contributed by atoms with van der Waals surface area (Å²) in [5.74, 6) is -5.20. The molecule has 0 aromatic rings. The summed E-state index contributed by atoms with van der Waals surface area (Å²) in [7, 11) is 0. The first kappa shape index (κ1) is 21.3. The molecule has 3 atom stereocenters. The number of aliphatic hydroxyl groups is 1. The SMILES string of the molecule is O=C(O)CC(NC(=O)C(CO)NC(=O)CNC(=O)C1CCCN1)C(=O)O. The van der Waals surface area contributed by atoms with E-state index in [0.717, 1.165) is 6.42 Å². The van der Waals surface area contributed by atoms with Gasteiger partial charge in [0.1, 0.15) is 12.1 Å². The van der Waals surface area contributed by atoms with Crippen LogP contribution in [-0.2, 0) is 24.0 Å². The Morgan fingerprint density at radius 2 is 1.77 bits per heavy atom. The minimum absolute atomic E-state index is 0.366. The van der Waals surface area contributed by atoms with Gasteiger partial charge in [0, 0.05) is 0 Å². The van der Waals surface area contributed by atoms with Crippen LogP contribution >= 0.6 is 0 Å². The highest BCUT2D eigenvalue weighted by atomic mass is 16.4. The molecule has 7 N–H and O–H groups in total. The molecular weight excluding hydrogens is 352 g/mol. The second-order valence-electron chi connectivity index (χ2n) is 5.67. The van der Waals surface area contributed by atoms with Crippen molar-refractivity contribution in [2.75, 3.05) is 19.7 Å². The van der Waals surface area contributed by atoms with Crippen LogP contribution in [-0.4, -0.2) is 82.8 Å². The smallest absolute Gasteiger partial charge is 0.326 e. The Bertz CT molecular complexity index is 561. The molecule has 0 aliphatic carbocycles. The number of nitrogens with one attached hydrogen (secondary N) is 4. The molecule has 146 valence electrons. The molecule has 0 aromatic heterocycles. The monoisotopic (exact) mass is 374 g/mol. The topological polar surface area (TPSA) is 194 Å². The van der Waals surface area contributed by atoms with Gasteiger partial charge in [-0.1, -0.05) is 0 Å². The molecule has 1 fully saturated rings. The number of hydrogen-bond donors (Lipinski definition) is 7. The Morgan fingerprint density at radius 1 is 1.08 bits per heavy atom. The van der Waals surface area contributed by atoms with Crippen molar-refractivity contribution in [1.82, 2.24) is 21.3 Å². The molecular formula is C14H22N4O8. The lowest BCUT2D eigenvalue weighted by Crippen LogP contribution is -2.55. The van der Waals surface area contributed by atoms with Crippen LogP contribution in [0.3, 0.4) is 0 Å². The lowest BCUT2D eigenvalue weighted by Gasteiger charge is -2.19. The predicted octanol–water partition coefficient (Wildman–Crippen LogP) is -3.62. The van der Waals surface area contributed by atoms with E-state index in [9.17, 15) is 29.1 Å². The van der Waals surface area contributed by atoms with E-state index < -0.39 is 55.4 Å². The van der Waals surface area contributed by atoms with Crippen LogP contribution in [0.5, 0.6) is 0 Å². The largest absolute Gasteiger partial charge is 0.481 e. The fourth-order valence-corrected chi connectivity index (χ4v) is 2.29. The van der Waals surface area contributed by atoms with E-state index in [4.69, 9.17) is 10.2 Å². The van der Waals surface area contributed by atoms with Gasteiger partial charge in [0.2, 0.25) is 17.7 Å². The number of amides is 3. The third kappa shape index (κ3) is 7.03. The van der Waals surface area contributed by atoms with Crippen molar-refractivity contribution in [3.05, 3.63) is 0 Å². The quantitative estimate of drug-likeness (QED) is 0.202. The van der Waals surface area contributed by atoms with Gasteiger partial charge in [-0.25, -0.2) is 4.79 Å². The minimum Gasteiger partial charge on any atom is -0.481 e. The minimum atomic E-state index is -1.71. The summed E-state index contributed by atoms with van der Waals surface area (Å²) >= 11 is 0. The van der Waals surface area contributed by atoms with Crippen LogP contribution < -0.4 is 21.3 Å². The average molecular weight is 374 g/mol. The van der Waals surface area contributed by atoms with Crippen LogP contribution in [0.2, 0.25) is 0 Å². The van der Waals surface area contributed by atoms with Gasteiger partial charge in [-0.2, -0.15) is 0 Å². The Hall–Kier alpha value is -2.73. The molecule has 1 rings (SSSR count). The highest BCUT2D eigenvalue weighted by Crippen LogP contribution is 2.04. The molecule has 3 unspecified atom stereocenters. The zero-order chi connectivity index (χ0) is 19.7. The van der Waals surface area contributed by atoms with E-state index in [2.05, 4.69) is 16.0 Å². The molecule has 1 aliphatic heterocycles. The molecule has 0 bridgehead atoms. The van der Waals surface area contributed by atoms with Gasteiger partial charge < -0.3 is 36.6 Å². The van der Waals surface area contributed by atoms with E-state index in [-0.39, 0.29) is 11.9 Å². The maximum Gasteiger partial charge on any atom is 0.326 e. The fourth-order valence-electron chi connectivity index (χ4n) is 2.29. The van der Waals surface area contributed by atoms with Gasteiger partial charge in [-0.05, 0) is 19.4 Å². The van der Waals surface area contributed by atoms with Crippen molar-refractivity contribution < 1.29 is 39.3 Å². The molecule has 12 heteroatoms. The molecule has 1 saturated heterocycles. The molecule has 0 spiro atoms. The first-order valence-electron chi connectivity index (χ1n) is 7.91. The number of carbonyl (C=O) groups is 5. The third-order valence-electron chi connectivity index (χ3n) is 3.63. The highest BCUT2D eigenvalue weighted by Gasteiger charge is 2.28. The summed E-state index contributed by atoms with van der Waals surface area (Å²) in [5, 5.41) is 36.1. The number of rotatable bonds is 10. The summed E-state index contributed by atoms with van der Waals surface area (Å²) < 4.78 is 0. The van der Waals surface area contributed by atoms with Gasteiger partial charge >= 0.3 is 11.9 Å². The summed E-state index contributed by atoms with van der Waals surface area (Å²) in [4.78, 5) is 57.0. The van der Waals surface area contributed by atoms with E-state index in [0.29, 0.717) is 13.0 Å². The Balaban J connectivity index is 2.49. The second kappa shape index (κ2) is 10.3. The van der Waals surface area contributed by atoms with Crippen molar-refractivity contribution in [3.8, 4) is 0 Å². The van der Waals surface area contributed by atoms with Gasteiger partial charge in [0.25, 0.3) is 0 Å². The number of aliphatic hydroxyl groups excluding tert-OH is 1. The second-order valence-corrected chi connectivity index (χ2v) is 5.67. The Kier molecular flexibility index (Phi) is 8.45. The van der Waals surface area contributed by atoms with Crippen molar-refractivity contribution in [2.24, 2.45) is 0 Å². The van der Waals surface area contributed by atoms with Gasteiger partial charge in [0.05, 0.1) is 25.6 Å². The summed E-state index contributed by atoms with van der Waals surface area (Å²) in [6.07, 6.45) is 0.630. The number of hydrogen-bond acceptors (Lipinski definition) is 7. The van der Waals surface area contributed by atoms with Crippen LogP contribution in [0.1, 0.15) is 19.3 Å². The standard InChI is InChI=1S/C14H22N4O8/c19-6-9(13(24)18-8(14(25)26)4-11(21)22)17-10(20)5-16-12(23)7-2-1-3-15-7/h7-9,15,19H,1-6H2,(H,16,23)(H,17,20)(H,18,24)(H,21,22)(H,25,26). The number of carboxylic acid groups (broad SMARTS) is 2. The van der Waals surface area contributed by atoms with Crippen molar-refractivity contribution in [3.63, 3.8) is 0 Å². The zero-order valence-electron chi connectivity index (χ0n) is 13.9. The Morgan fingerprint density at radius 3 is 2.27 bits per heavy atom.